The molecule has 2 heteroatoms. The average molecular weight is 239 g/mol. The van der Waals surface area contributed by atoms with Crippen LogP contribution < -0.4 is 10.1 Å². The molecule has 92 valence electrons. The van der Waals surface area contributed by atoms with Gasteiger partial charge in [0.25, 0.3) is 0 Å². The van der Waals surface area contributed by atoms with E-state index in [4.69, 9.17) is 4.74 Å². The number of rotatable bonds is 2. The van der Waals surface area contributed by atoms with Crippen LogP contribution in [0.2, 0.25) is 0 Å². The Kier molecular flexibility index (Phi) is 2.71. The van der Waals surface area contributed by atoms with Crippen LogP contribution in [0.4, 0.5) is 11.4 Å². The number of hydrogen-bond acceptors (Lipinski definition) is 2. The van der Waals surface area contributed by atoms with Gasteiger partial charge in [-0.25, -0.2) is 0 Å². The number of hydrogen-bond donors (Lipinski definition) is 1. The second-order valence-electron chi connectivity index (χ2n) is 4.94. The third-order valence-electron chi connectivity index (χ3n) is 3.12. The molecule has 0 radical (unpaired) electrons. The van der Waals surface area contributed by atoms with E-state index in [1.54, 1.807) is 0 Å². The largest absolute Gasteiger partial charge is 0.491 e. The number of fused-ring (bicyclic) bond motifs is 2. The minimum Gasteiger partial charge on any atom is -0.491 e. The monoisotopic (exact) mass is 239 g/mol. The molecule has 0 fully saturated rings. The lowest BCUT2D eigenvalue weighted by atomic mass is 9.97. The summed E-state index contributed by atoms with van der Waals surface area (Å²) in [5.41, 5.74) is 5.03. The fraction of sp³-hybridized carbons (Fsp3) is 0.250. The predicted molar refractivity (Wildman–Crippen MR) is 74.7 cm³/mol. The van der Waals surface area contributed by atoms with Crippen molar-refractivity contribution in [3.63, 3.8) is 0 Å². The predicted octanol–water partition coefficient (Wildman–Crippen LogP) is 4.12. The van der Waals surface area contributed by atoms with Crippen LogP contribution in [-0.4, -0.2) is 6.10 Å². The summed E-state index contributed by atoms with van der Waals surface area (Å²) in [6.45, 7) is 4.10. The molecule has 2 aromatic carbocycles. The second-order valence-corrected chi connectivity index (χ2v) is 4.94. The Balaban J connectivity index is 1.93. The molecule has 0 atom stereocenters. The molecular weight excluding hydrogens is 222 g/mol. The highest BCUT2D eigenvalue weighted by atomic mass is 16.5. The maximum atomic E-state index is 5.74. The summed E-state index contributed by atoms with van der Waals surface area (Å²) < 4.78 is 5.74. The lowest BCUT2D eigenvalue weighted by Gasteiger charge is -2.22. The topological polar surface area (TPSA) is 21.3 Å². The lowest BCUT2D eigenvalue weighted by molar-refractivity contribution is 0.242. The van der Waals surface area contributed by atoms with Gasteiger partial charge >= 0.3 is 0 Å². The zero-order chi connectivity index (χ0) is 12.5. The molecule has 2 nitrogen and oxygen atoms in total. The van der Waals surface area contributed by atoms with Gasteiger partial charge in [0.2, 0.25) is 0 Å². The maximum Gasteiger partial charge on any atom is 0.120 e. The van der Waals surface area contributed by atoms with Gasteiger partial charge in [0.05, 0.1) is 6.10 Å². The molecule has 2 aromatic rings. The Labute approximate surface area is 108 Å². The van der Waals surface area contributed by atoms with E-state index in [1.807, 2.05) is 19.9 Å². The van der Waals surface area contributed by atoms with Crippen LogP contribution in [0.15, 0.2) is 42.5 Å². The third kappa shape index (κ3) is 2.06. The fourth-order valence-electron chi connectivity index (χ4n) is 2.33. The zero-order valence-corrected chi connectivity index (χ0v) is 10.7. The molecule has 18 heavy (non-hydrogen) atoms. The maximum absolute atomic E-state index is 5.74. The third-order valence-corrected chi connectivity index (χ3v) is 3.12. The summed E-state index contributed by atoms with van der Waals surface area (Å²) in [5, 5.41) is 3.47. The van der Waals surface area contributed by atoms with Crippen molar-refractivity contribution in [1.29, 1.82) is 0 Å². The number of ether oxygens (including phenoxy) is 1. The molecule has 3 rings (SSSR count). The van der Waals surface area contributed by atoms with E-state index >= 15 is 0 Å². The first-order valence-electron chi connectivity index (χ1n) is 6.37. The van der Waals surface area contributed by atoms with E-state index in [-0.39, 0.29) is 6.10 Å². The van der Waals surface area contributed by atoms with Gasteiger partial charge in [-0.3, -0.25) is 0 Å². The van der Waals surface area contributed by atoms with Crippen LogP contribution in [0.1, 0.15) is 25.0 Å². The quantitative estimate of drug-likeness (QED) is 0.726. The van der Waals surface area contributed by atoms with Crippen molar-refractivity contribution >= 4 is 11.4 Å². The van der Waals surface area contributed by atoms with Gasteiger partial charge in [0, 0.05) is 17.8 Å². The normalized spacial score (nSPS) is 12.6. The summed E-state index contributed by atoms with van der Waals surface area (Å²) in [4.78, 5) is 0. The minimum atomic E-state index is 0.215. The number of nitrogens with one attached hydrogen (secondary N) is 1. The number of para-hydroxylation sites is 1. The van der Waals surface area contributed by atoms with Crippen LogP contribution in [0.3, 0.4) is 0 Å². The molecule has 0 saturated carbocycles. The Morgan fingerprint density at radius 3 is 2.61 bits per heavy atom. The average Bonchev–Trinajstić information content (AvgIpc) is 2.35. The van der Waals surface area contributed by atoms with Crippen LogP contribution >= 0.6 is 0 Å². The van der Waals surface area contributed by atoms with Gasteiger partial charge in [-0.1, -0.05) is 18.2 Å². The molecule has 1 N–H and O–H groups in total. The van der Waals surface area contributed by atoms with Crippen LogP contribution in [-0.2, 0) is 6.42 Å². The van der Waals surface area contributed by atoms with Crippen molar-refractivity contribution in [2.75, 3.05) is 5.32 Å². The Morgan fingerprint density at radius 1 is 1.00 bits per heavy atom. The van der Waals surface area contributed by atoms with E-state index < -0.39 is 0 Å². The Bertz CT molecular complexity index is 575. The van der Waals surface area contributed by atoms with E-state index in [1.165, 1.54) is 22.5 Å². The smallest absolute Gasteiger partial charge is 0.120 e. The first-order chi connectivity index (χ1) is 8.72. The molecule has 0 unspecified atom stereocenters. The lowest BCUT2D eigenvalue weighted by Crippen LogP contribution is -2.09. The second kappa shape index (κ2) is 4.37. The molecule has 0 bridgehead atoms. The summed E-state index contributed by atoms with van der Waals surface area (Å²) in [6, 6.07) is 14.7. The van der Waals surface area contributed by atoms with E-state index in [9.17, 15) is 0 Å². The van der Waals surface area contributed by atoms with Gasteiger partial charge in [0.15, 0.2) is 0 Å². The SMILES string of the molecule is CC(C)Oc1ccc2c(c1)Cc1ccccc1N2. The van der Waals surface area contributed by atoms with Gasteiger partial charge < -0.3 is 10.1 Å². The first kappa shape index (κ1) is 11.1. The molecule has 1 aliphatic heterocycles. The minimum absolute atomic E-state index is 0.215. The Morgan fingerprint density at radius 2 is 1.78 bits per heavy atom. The van der Waals surface area contributed by atoms with Crippen LogP contribution in [0.5, 0.6) is 5.75 Å². The van der Waals surface area contributed by atoms with Crippen LogP contribution in [0, 0.1) is 0 Å². The molecule has 1 heterocycles. The summed E-state index contributed by atoms with van der Waals surface area (Å²) >= 11 is 0. The highest BCUT2D eigenvalue weighted by molar-refractivity contribution is 5.72. The highest BCUT2D eigenvalue weighted by Gasteiger charge is 2.14. The van der Waals surface area contributed by atoms with Gasteiger partial charge in [-0.05, 0) is 49.2 Å². The zero-order valence-electron chi connectivity index (χ0n) is 10.7. The summed E-state index contributed by atoms with van der Waals surface area (Å²) in [6.07, 6.45) is 1.18. The number of anilines is 2. The van der Waals surface area contributed by atoms with Gasteiger partial charge in [-0.2, -0.15) is 0 Å². The van der Waals surface area contributed by atoms with Gasteiger partial charge in [-0.15, -0.1) is 0 Å². The molecular formula is C16H17NO. The van der Waals surface area contributed by atoms with Crippen molar-refractivity contribution in [2.24, 2.45) is 0 Å². The summed E-state index contributed by atoms with van der Waals surface area (Å²) in [5.74, 6) is 0.949. The van der Waals surface area contributed by atoms with E-state index in [0.717, 1.165) is 12.2 Å². The van der Waals surface area contributed by atoms with E-state index in [2.05, 4.69) is 41.7 Å². The van der Waals surface area contributed by atoms with Crippen molar-refractivity contribution in [2.45, 2.75) is 26.4 Å². The molecule has 1 aliphatic rings. The van der Waals surface area contributed by atoms with Crippen LogP contribution in [0.25, 0.3) is 0 Å². The van der Waals surface area contributed by atoms with Crippen molar-refractivity contribution in [1.82, 2.24) is 0 Å². The molecule has 0 aromatic heterocycles. The van der Waals surface area contributed by atoms with Gasteiger partial charge in [0.1, 0.15) is 5.75 Å². The summed E-state index contributed by atoms with van der Waals surface area (Å²) in [7, 11) is 0. The molecule has 0 amide bonds. The molecule has 0 saturated heterocycles. The van der Waals surface area contributed by atoms with E-state index in [0.29, 0.717) is 0 Å². The van der Waals surface area contributed by atoms with Crippen molar-refractivity contribution in [3.8, 4) is 5.75 Å². The highest BCUT2D eigenvalue weighted by Crippen LogP contribution is 2.34. The standard InChI is InChI=1S/C16H17NO/c1-11(2)18-14-7-8-16-13(10-14)9-12-5-3-4-6-15(12)17-16/h3-8,10-11,17H,9H2,1-2H3. The molecule has 0 spiro atoms. The van der Waals surface area contributed by atoms with Crippen molar-refractivity contribution < 1.29 is 4.74 Å². The number of benzene rings is 2. The Hall–Kier alpha value is -1.96. The fourth-order valence-corrected chi connectivity index (χ4v) is 2.33. The van der Waals surface area contributed by atoms with Crippen molar-refractivity contribution in [3.05, 3.63) is 53.6 Å². The molecule has 0 aliphatic carbocycles. The first-order valence-corrected chi connectivity index (χ1v) is 6.37.